The van der Waals surface area contributed by atoms with Gasteiger partial charge in [-0.15, -0.1) is 0 Å². The first-order valence-corrected chi connectivity index (χ1v) is 6.91. The van der Waals surface area contributed by atoms with Gasteiger partial charge in [0.25, 0.3) is 5.91 Å². The lowest BCUT2D eigenvalue weighted by molar-refractivity contribution is -0.137. The summed E-state index contributed by atoms with van der Waals surface area (Å²) in [4.78, 5) is 14.8. The van der Waals surface area contributed by atoms with Gasteiger partial charge in [-0.25, -0.2) is 4.98 Å². The van der Waals surface area contributed by atoms with E-state index in [0.29, 0.717) is 18.4 Å². The number of aryl methyl sites for hydroxylation is 1. The Labute approximate surface area is 130 Å². The Balaban J connectivity index is 2.07. The molecular formula is C15H16F3N3O2. The molecule has 2 rings (SSSR count). The van der Waals surface area contributed by atoms with Gasteiger partial charge in [0.1, 0.15) is 5.69 Å². The van der Waals surface area contributed by atoms with Gasteiger partial charge in [0.05, 0.1) is 24.5 Å². The van der Waals surface area contributed by atoms with Gasteiger partial charge >= 0.3 is 6.18 Å². The average molecular weight is 327 g/mol. The first-order valence-electron chi connectivity index (χ1n) is 6.91. The van der Waals surface area contributed by atoms with Crippen LogP contribution in [0.25, 0.3) is 0 Å². The van der Waals surface area contributed by atoms with Crippen molar-refractivity contribution in [2.75, 3.05) is 6.61 Å². The summed E-state index contributed by atoms with van der Waals surface area (Å²) in [5.74, 6) is -0.682. The molecule has 1 unspecified atom stereocenters. The maximum absolute atomic E-state index is 12.7. The molecule has 0 radical (unpaired) electrons. The number of amides is 1. The van der Waals surface area contributed by atoms with Crippen molar-refractivity contribution in [3.63, 3.8) is 0 Å². The molecule has 124 valence electrons. The van der Waals surface area contributed by atoms with E-state index in [4.69, 9.17) is 5.73 Å². The molecule has 0 fully saturated rings. The number of aliphatic hydroxyl groups is 1. The summed E-state index contributed by atoms with van der Waals surface area (Å²) in [6, 6.07) is 4.67. The molecule has 3 N–H and O–H groups in total. The third-order valence-corrected chi connectivity index (χ3v) is 3.51. The van der Waals surface area contributed by atoms with E-state index in [9.17, 15) is 23.1 Å². The second-order valence-electron chi connectivity index (χ2n) is 5.14. The number of aromatic nitrogens is 2. The van der Waals surface area contributed by atoms with E-state index >= 15 is 0 Å². The number of benzene rings is 1. The number of carbonyl (C=O) groups is 1. The number of nitrogens with two attached hydrogens (primary N) is 1. The van der Waals surface area contributed by atoms with Crippen LogP contribution in [0.4, 0.5) is 13.2 Å². The van der Waals surface area contributed by atoms with Gasteiger partial charge in [0.2, 0.25) is 0 Å². The predicted octanol–water partition coefficient (Wildman–Crippen LogP) is 2.17. The van der Waals surface area contributed by atoms with Crippen molar-refractivity contribution in [2.24, 2.45) is 5.73 Å². The second-order valence-corrected chi connectivity index (χ2v) is 5.14. The van der Waals surface area contributed by atoms with E-state index < -0.39 is 23.7 Å². The van der Waals surface area contributed by atoms with E-state index in [2.05, 4.69) is 4.98 Å². The van der Waals surface area contributed by atoms with Crippen LogP contribution >= 0.6 is 0 Å². The first kappa shape index (κ1) is 17.0. The quantitative estimate of drug-likeness (QED) is 0.853. The SMILES string of the molecule is NC(=O)c1cn(C(CO)CCc2cccc(C(F)(F)F)c2)cn1. The summed E-state index contributed by atoms with van der Waals surface area (Å²) in [6.07, 6.45) is -0.860. The Hall–Kier alpha value is -2.35. The van der Waals surface area contributed by atoms with Crippen molar-refractivity contribution in [1.29, 1.82) is 0 Å². The molecule has 1 amide bonds. The maximum Gasteiger partial charge on any atom is 0.416 e. The van der Waals surface area contributed by atoms with E-state index in [-0.39, 0.29) is 12.3 Å². The van der Waals surface area contributed by atoms with Crippen molar-refractivity contribution >= 4 is 5.91 Å². The van der Waals surface area contributed by atoms with Crippen LogP contribution in [0.15, 0.2) is 36.8 Å². The highest BCUT2D eigenvalue weighted by atomic mass is 19.4. The molecule has 1 heterocycles. The molecule has 2 aromatic rings. The molecule has 1 aromatic heterocycles. The number of aliphatic hydroxyl groups excluding tert-OH is 1. The smallest absolute Gasteiger partial charge is 0.394 e. The van der Waals surface area contributed by atoms with Crippen LogP contribution in [0.1, 0.15) is 34.1 Å². The number of carbonyl (C=O) groups excluding carboxylic acids is 1. The standard InChI is InChI=1S/C15H16F3N3O2/c16-15(17,18)11-3-1-2-10(6-11)4-5-12(8-22)21-7-13(14(19)23)20-9-21/h1-3,6-7,9,12,22H,4-5,8H2,(H2,19,23). The predicted molar refractivity (Wildman–Crippen MR) is 76.6 cm³/mol. The number of hydrogen-bond donors (Lipinski definition) is 2. The first-order chi connectivity index (χ1) is 10.8. The van der Waals surface area contributed by atoms with Crippen LogP contribution in [0, 0.1) is 0 Å². The lowest BCUT2D eigenvalue weighted by Gasteiger charge is -2.16. The van der Waals surface area contributed by atoms with Gasteiger partial charge in [-0.1, -0.05) is 18.2 Å². The van der Waals surface area contributed by atoms with Crippen molar-refractivity contribution in [1.82, 2.24) is 9.55 Å². The number of hydrogen-bond acceptors (Lipinski definition) is 3. The van der Waals surface area contributed by atoms with Crippen molar-refractivity contribution in [2.45, 2.75) is 25.1 Å². The van der Waals surface area contributed by atoms with Crippen LogP contribution in [-0.4, -0.2) is 27.2 Å². The van der Waals surface area contributed by atoms with Gasteiger partial charge < -0.3 is 15.4 Å². The van der Waals surface area contributed by atoms with Crippen LogP contribution in [0.3, 0.4) is 0 Å². The molecule has 0 bridgehead atoms. The van der Waals surface area contributed by atoms with Gasteiger partial charge in [-0.05, 0) is 24.5 Å². The zero-order valence-electron chi connectivity index (χ0n) is 12.1. The minimum atomic E-state index is -4.38. The highest BCUT2D eigenvalue weighted by molar-refractivity contribution is 5.90. The Morgan fingerprint density at radius 3 is 2.70 bits per heavy atom. The summed E-state index contributed by atoms with van der Waals surface area (Å²) < 4.78 is 39.6. The molecule has 1 aromatic carbocycles. The Morgan fingerprint density at radius 2 is 2.13 bits per heavy atom. The van der Waals surface area contributed by atoms with Crippen molar-refractivity contribution in [3.8, 4) is 0 Å². The van der Waals surface area contributed by atoms with Crippen molar-refractivity contribution in [3.05, 3.63) is 53.6 Å². The van der Waals surface area contributed by atoms with Gasteiger partial charge in [0, 0.05) is 6.20 Å². The number of imidazole rings is 1. The molecule has 0 aliphatic heterocycles. The highest BCUT2D eigenvalue weighted by Gasteiger charge is 2.30. The zero-order chi connectivity index (χ0) is 17.0. The Morgan fingerprint density at radius 1 is 1.39 bits per heavy atom. The number of halogens is 3. The fraction of sp³-hybridized carbons (Fsp3) is 0.333. The minimum absolute atomic E-state index is 0.0718. The van der Waals surface area contributed by atoms with E-state index in [0.717, 1.165) is 12.1 Å². The number of primary amides is 1. The molecular weight excluding hydrogens is 311 g/mol. The number of nitrogens with zero attached hydrogens (tertiary/aromatic N) is 2. The number of rotatable bonds is 6. The molecule has 0 spiro atoms. The number of alkyl halides is 3. The normalized spacial score (nSPS) is 13.0. The molecule has 0 aliphatic carbocycles. The molecule has 0 aliphatic rings. The monoisotopic (exact) mass is 327 g/mol. The molecule has 1 atom stereocenters. The van der Waals surface area contributed by atoms with Gasteiger partial charge in [-0.2, -0.15) is 13.2 Å². The van der Waals surface area contributed by atoms with Crippen LogP contribution < -0.4 is 5.73 Å². The summed E-state index contributed by atoms with van der Waals surface area (Å²) in [5.41, 5.74) is 5.00. The third-order valence-electron chi connectivity index (χ3n) is 3.51. The van der Waals surface area contributed by atoms with Gasteiger partial charge in [-0.3, -0.25) is 4.79 Å². The van der Waals surface area contributed by atoms with Gasteiger partial charge in [0.15, 0.2) is 0 Å². The lowest BCUT2D eigenvalue weighted by Crippen LogP contribution is -2.14. The van der Waals surface area contributed by atoms with Crippen LogP contribution in [-0.2, 0) is 12.6 Å². The minimum Gasteiger partial charge on any atom is -0.394 e. The lowest BCUT2D eigenvalue weighted by atomic mass is 10.0. The van der Waals surface area contributed by atoms with Crippen LogP contribution in [0.5, 0.6) is 0 Å². The molecule has 8 heteroatoms. The summed E-state index contributed by atoms with van der Waals surface area (Å²) >= 11 is 0. The summed E-state index contributed by atoms with van der Waals surface area (Å²) in [5, 5.41) is 9.44. The third kappa shape index (κ3) is 4.32. The van der Waals surface area contributed by atoms with E-state index in [1.54, 1.807) is 6.07 Å². The molecule has 5 nitrogen and oxygen atoms in total. The molecule has 0 saturated heterocycles. The fourth-order valence-electron chi connectivity index (χ4n) is 2.23. The zero-order valence-corrected chi connectivity index (χ0v) is 12.1. The Bertz CT molecular complexity index is 683. The average Bonchev–Trinajstić information content (AvgIpc) is 2.97. The fourth-order valence-corrected chi connectivity index (χ4v) is 2.23. The topological polar surface area (TPSA) is 81.1 Å². The maximum atomic E-state index is 12.7. The largest absolute Gasteiger partial charge is 0.416 e. The van der Waals surface area contributed by atoms with E-state index in [1.807, 2.05) is 0 Å². The van der Waals surface area contributed by atoms with E-state index in [1.165, 1.54) is 23.2 Å². The highest BCUT2D eigenvalue weighted by Crippen LogP contribution is 2.30. The molecule has 0 saturated carbocycles. The summed E-state index contributed by atoms with van der Waals surface area (Å²) in [7, 11) is 0. The molecule has 23 heavy (non-hydrogen) atoms. The van der Waals surface area contributed by atoms with Crippen LogP contribution in [0.2, 0.25) is 0 Å². The summed E-state index contributed by atoms with van der Waals surface area (Å²) in [6.45, 7) is -0.229. The van der Waals surface area contributed by atoms with Crippen molar-refractivity contribution < 1.29 is 23.1 Å². The Kier molecular flexibility index (Phi) is 5.05. The second kappa shape index (κ2) is 6.82.